The predicted molar refractivity (Wildman–Crippen MR) is 58.3 cm³/mol. The normalized spacial score (nSPS) is 10.3. The van der Waals surface area contributed by atoms with Gasteiger partial charge in [0.05, 0.1) is 17.1 Å². The molecule has 0 aliphatic rings. The van der Waals surface area contributed by atoms with E-state index in [0.29, 0.717) is 12.1 Å². The number of carbonyl (C=O) groups is 1. The Balaban J connectivity index is 3.07. The highest BCUT2D eigenvalue weighted by molar-refractivity contribution is 5.88. The van der Waals surface area contributed by atoms with Gasteiger partial charge in [-0.25, -0.2) is 13.6 Å². The second-order valence-corrected chi connectivity index (χ2v) is 3.62. The van der Waals surface area contributed by atoms with Crippen molar-refractivity contribution in [1.82, 2.24) is 0 Å². The van der Waals surface area contributed by atoms with E-state index in [1.54, 1.807) is 13.8 Å². The molecule has 1 amide bonds. The molecule has 0 aliphatic heterocycles. The van der Waals surface area contributed by atoms with E-state index in [-0.39, 0.29) is 0 Å². The molecular formula is C10H10F2N2O4. The monoisotopic (exact) mass is 260 g/mol. The van der Waals surface area contributed by atoms with Crippen LogP contribution in [0.3, 0.4) is 0 Å². The summed E-state index contributed by atoms with van der Waals surface area (Å²) in [5.74, 6) is -2.36. The molecule has 98 valence electrons. The molecule has 0 unspecified atom stereocenters. The summed E-state index contributed by atoms with van der Waals surface area (Å²) in [6, 6.07) is 0.937. The van der Waals surface area contributed by atoms with Gasteiger partial charge in [0.15, 0.2) is 11.5 Å². The van der Waals surface area contributed by atoms with Gasteiger partial charge in [-0.1, -0.05) is 0 Å². The fourth-order valence-corrected chi connectivity index (χ4v) is 1.17. The molecule has 18 heavy (non-hydrogen) atoms. The number of nitro groups is 1. The lowest BCUT2D eigenvalue weighted by Gasteiger charge is -2.10. The topological polar surface area (TPSA) is 81.5 Å². The fraction of sp³-hybridized carbons (Fsp3) is 0.300. The van der Waals surface area contributed by atoms with Crippen molar-refractivity contribution in [1.29, 1.82) is 0 Å². The summed E-state index contributed by atoms with van der Waals surface area (Å²) in [7, 11) is 0. The van der Waals surface area contributed by atoms with Crippen LogP contribution in [0, 0.1) is 21.7 Å². The average Bonchev–Trinajstić information content (AvgIpc) is 2.20. The van der Waals surface area contributed by atoms with Crippen molar-refractivity contribution in [3.8, 4) is 0 Å². The van der Waals surface area contributed by atoms with Crippen LogP contribution in [-0.4, -0.2) is 17.1 Å². The molecule has 8 heteroatoms. The van der Waals surface area contributed by atoms with E-state index >= 15 is 0 Å². The molecule has 1 aromatic carbocycles. The smallest absolute Gasteiger partial charge is 0.412 e. The van der Waals surface area contributed by atoms with Gasteiger partial charge in [-0.2, -0.15) is 0 Å². The number of carbonyl (C=O) groups excluding carboxylic acids is 1. The van der Waals surface area contributed by atoms with Crippen LogP contribution in [0.1, 0.15) is 13.8 Å². The summed E-state index contributed by atoms with van der Waals surface area (Å²) in [5.41, 5.74) is -1.61. The highest BCUT2D eigenvalue weighted by atomic mass is 19.1. The highest BCUT2D eigenvalue weighted by Gasteiger charge is 2.23. The molecule has 0 saturated heterocycles. The molecule has 0 saturated carbocycles. The Labute approximate surface area is 101 Å². The van der Waals surface area contributed by atoms with Crippen LogP contribution in [0.15, 0.2) is 12.1 Å². The standard InChI is InChI=1S/C10H10F2N2O4/c1-5(2)18-10(15)13-9-7(12)3-6(11)4-8(9)14(16)17/h3-5H,1-2H3,(H,13,15). The van der Waals surface area contributed by atoms with Crippen molar-refractivity contribution in [2.24, 2.45) is 0 Å². The van der Waals surface area contributed by atoms with Crippen molar-refractivity contribution in [2.75, 3.05) is 5.32 Å². The number of ether oxygens (including phenoxy) is 1. The molecule has 0 atom stereocenters. The maximum atomic E-state index is 13.4. The van der Waals surface area contributed by atoms with Gasteiger partial charge in [-0.05, 0) is 13.8 Å². The second-order valence-electron chi connectivity index (χ2n) is 3.62. The van der Waals surface area contributed by atoms with E-state index < -0.39 is 40.1 Å². The molecule has 0 heterocycles. The van der Waals surface area contributed by atoms with E-state index in [9.17, 15) is 23.7 Å². The number of hydrogen-bond acceptors (Lipinski definition) is 4. The van der Waals surface area contributed by atoms with Gasteiger partial charge >= 0.3 is 6.09 Å². The van der Waals surface area contributed by atoms with E-state index in [1.807, 2.05) is 5.32 Å². The van der Waals surface area contributed by atoms with Crippen molar-refractivity contribution in [3.05, 3.63) is 33.9 Å². The predicted octanol–water partition coefficient (Wildman–Crippen LogP) is 2.83. The molecule has 0 aromatic heterocycles. The SMILES string of the molecule is CC(C)OC(=O)Nc1c(F)cc(F)cc1[N+](=O)[O-]. The minimum Gasteiger partial charge on any atom is -0.447 e. The number of halogens is 2. The van der Waals surface area contributed by atoms with Crippen molar-refractivity contribution < 1.29 is 23.2 Å². The lowest BCUT2D eigenvalue weighted by atomic mass is 10.2. The Bertz CT molecular complexity index is 491. The Hall–Kier alpha value is -2.25. The number of nitro benzene ring substituents is 1. The third kappa shape index (κ3) is 3.37. The third-order valence-electron chi connectivity index (χ3n) is 1.80. The highest BCUT2D eigenvalue weighted by Crippen LogP contribution is 2.28. The zero-order chi connectivity index (χ0) is 13.9. The minimum atomic E-state index is -1.25. The molecule has 0 fully saturated rings. The zero-order valence-electron chi connectivity index (χ0n) is 9.57. The Morgan fingerprint density at radius 3 is 2.56 bits per heavy atom. The Kier molecular flexibility index (Phi) is 4.13. The minimum absolute atomic E-state index is 0.429. The zero-order valence-corrected chi connectivity index (χ0v) is 9.57. The number of nitrogens with one attached hydrogen (secondary N) is 1. The van der Waals surface area contributed by atoms with E-state index in [2.05, 4.69) is 4.74 Å². The number of anilines is 1. The molecule has 1 N–H and O–H groups in total. The first-order chi connectivity index (χ1) is 8.31. The average molecular weight is 260 g/mol. The Morgan fingerprint density at radius 1 is 1.44 bits per heavy atom. The van der Waals surface area contributed by atoms with Crippen LogP contribution in [0.4, 0.5) is 25.0 Å². The van der Waals surface area contributed by atoms with Crippen LogP contribution in [0.25, 0.3) is 0 Å². The number of hydrogen-bond donors (Lipinski definition) is 1. The number of rotatable bonds is 3. The van der Waals surface area contributed by atoms with Crippen LogP contribution >= 0.6 is 0 Å². The summed E-state index contributed by atoms with van der Waals surface area (Å²) < 4.78 is 30.8. The largest absolute Gasteiger partial charge is 0.447 e. The second kappa shape index (κ2) is 5.39. The quantitative estimate of drug-likeness (QED) is 0.669. The Morgan fingerprint density at radius 2 is 2.06 bits per heavy atom. The van der Waals surface area contributed by atoms with Gasteiger partial charge in [0, 0.05) is 6.07 Å². The van der Waals surface area contributed by atoms with E-state index in [1.165, 1.54) is 0 Å². The number of benzene rings is 1. The lowest BCUT2D eigenvalue weighted by molar-refractivity contribution is -0.384. The molecule has 1 rings (SSSR count). The van der Waals surface area contributed by atoms with Crippen LogP contribution in [0.5, 0.6) is 0 Å². The van der Waals surface area contributed by atoms with Crippen LogP contribution in [0.2, 0.25) is 0 Å². The van der Waals surface area contributed by atoms with Gasteiger partial charge in [-0.15, -0.1) is 0 Å². The maximum absolute atomic E-state index is 13.4. The summed E-state index contributed by atoms with van der Waals surface area (Å²) in [4.78, 5) is 20.8. The third-order valence-corrected chi connectivity index (χ3v) is 1.80. The number of amides is 1. The molecule has 1 aromatic rings. The van der Waals surface area contributed by atoms with Gasteiger partial charge in [-0.3, -0.25) is 15.4 Å². The fourth-order valence-electron chi connectivity index (χ4n) is 1.17. The summed E-state index contributed by atoms with van der Waals surface area (Å²) in [6.45, 7) is 3.10. The van der Waals surface area contributed by atoms with E-state index in [0.717, 1.165) is 0 Å². The maximum Gasteiger partial charge on any atom is 0.412 e. The molecule has 0 bridgehead atoms. The molecule has 0 aliphatic carbocycles. The van der Waals surface area contributed by atoms with Gasteiger partial charge < -0.3 is 4.74 Å². The summed E-state index contributed by atoms with van der Waals surface area (Å²) in [6.07, 6.45) is -1.54. The first kappa shape index (κ1) is 13.8. The lowest BCUT2D eigenvalue weighted by Crippen LogP contribution is -2.19. The van der Waals surface area contributed by atoms with Crippen molar-refractivity contribution in [2.45, 2.75) is 20.0 Å². The van der Waals surface area contributed by atoms with Gasteiger partial charge in [0.1, 0.15) is 5.82 Å². The van der Waals surface area contributed by atoms with Gasteiger partial charge in [0.25, 0.3) is 5.69 Å². The first-order valence-corrected chi connectivity index (χ1v) is 4.92. The van der Waals surface area contributed by atoms with Crippen molar-refractivity contribution >= 4 is 17.5 Å². The number of nitrogens with zero attached hydrogens (tertiary/aromatic N) is 1. The summed E-state index contributed by atoms with van der Waals surface area (Å²) >= 11 is 0. The van der Waals surface area contributed by atoms with Crippen molar-refractivity contribution in [3.63, 3.8) is 0 Å². The molecule has 0 radical (unpaired) electrons. The molecular weight excluding hydrogens is 250 g/mol. The molecule has 0 spiro atoms. The van der Waals surface area contributed by atoms with E-state index in [4.69, 9.17) is 0 Å². The van der Waals surface area contributed by atoms with Crippen LogP contribution < -0.4 is 5.32 Å². The van der Waals surface area contributed by atoms with Crippen LogP contribution in [-0.2, 0) is 4.74 Å². The molecule has 6 nitrogen and oxygen atoms in total. The first-order valence-electron chi connectivity index (χ1n) is 4.92. The summed E-state index contributed by atoms with van der Waals surface area (Å²) in [5, 5.41) is 12.5. The van der Waals surface area contributed by atoms with Gasteiger partial charge in [0.2, 0.25) is 0 Å².